The summed E-state index contributed by atoms with van der Waals surface area (Å²) in [6.07, 6.45) is 0. The molecule has 2 N–H and O–H groups in total. The van der Waals surface area contributed by atoms with E-state index >= 15 is 0 Å². The van der Waals surface area contributed by atoms with Crippen molar-refractivity contribution in [3.8, 4) is 0 Å². The van der Waals surface area contributed by atoms with Crippen molar-refractivity contribution in [2.45, 2.75) is 6.92 Å². The van der Waals surface area contributed by atoms with E-state index in [-0.39, 0.29) is 17.8 Å². The van der Waals surface area contributed by atoms with E-state index in [4.69, 9.17) is 4.42 Å². The zero-order chi connectivity index (χ0) is 21.8. The van der Waals surface area contributed by atoms with E-state index in [2.05, 4.69) is 41.7 Å². The summed E-state index contributed by atoms with van der Waals surface area (Å²) < 4.78 is 6.31. The summed E-state index contributed by atoms with van der Waals surface area (Å²) in [5, 5.41) is 13.4. The maximum absolute atomic E-state index is 12.4. The second-order valence-electron chi connectivity index (χ2n) is 7.04. The molecule has 10 heteroatoms. The number of benzene rings is 2. The van der Waals surface area contributed by atoms with Gasteiger partial charge < -0.3 is 24.9 Å². The number of nitrogens with one attached hydrogen (secondary N) is 2. The Morgan fingerprint density at radius 2 is 1.74 bits per heavy atom. The van der Waals surface area contributed by atoms with Crippen LogP contribution in [0.2, 0.25) is 0 Å². The van der Waals surface area contributed by atoms with Gasteiger partial charge in [0, 0.05) is 54.6 Å². The minimum Gasteiger partial charge on any atom is -0.399 e. The van der Waals surface area contributed by atoms with Gasteiger partial charge >= 0.3 is 17.8 Å². The third-order valence-electron chi connectivity index (χ3n) is 4.91. The van der Waals surface area contributed by atoms with Crippen LogP contribution in [0.1, 0.15) is 17.6 Å². The molecule has 1 aliphatic rings. The molecule has 1 saturated heterocycles. The van der Waals surface area contributed by atoms with E-state index in [1.54, 1.807) is 6.92 Å². The third-order valence-corrected chi connectivity index (χ3v) is 5.40. The van der Waals surface area contributed by atoms with Crippen molar-refractivity contribution in [2.75, 3.05) is 41.7 Å². The van der Waals surface area contributed by atoms with E-state index in [9.17, 15) is 9.59 Å². The highest BCUT2D eigenvalue weighted by Gasteiger charge is 2.19. The smallest absolute Gasteiger partial charge is 0.320 e. The number of carbonyl (C=O) groups is 2. The summed E-state index contributed by atoms with van der Waals surface area (Å²) in [6.45, 7) is 4.57. The number of hydrogen-bond acceptors (Lipinski definition) is 7. The number of aromatic nitrogens is 2. The quantitative estimate of drug-likeness (QED) is 0.570. The molecule has 0 spiro atoms. The minimum atomic E-state index is -0.488. The van der Waals surface area contributed by atoms with E-state index in [1.165, 1.54) is 0 Å². The van der Waals surface area contributed by atoms with E-state index in [0.29, 0.717) is 18.8 Å². The summed E-state index contributed by atoms with van der Waals surface area (Å²) in [5.74, 6) is -0.520. The monoisotopic (exact) mass is 484 g/mol. The Labute approximate surface area is 187 Å². The van der Waals surface area contributed by atoms with Gasteiger partial charge in [-0.25, -0.2) is 0 Å². The molecule has 0 atom stereocenters. The molecule has 0 radical (unpaired) electrons. The molecule has 160 valence electrons. The SMILES string of the molecule is CC(=O)N1CCN(c2ccc(NC(=O)c3nnc(Nc4cccc(Br)c4)o3)cc2)CC1. The first kappa shape index (κ1) is 20.9. The van der Waals surface area contributed by atoms with E-state index in [1.807, 2.05) is 53.4 Å². The van der Waals surface area contributed by atoms with E-state index < -0.39 is 5.91 Å². The van der Waals surface area contributed by atoms with E-state index in [0.717, 1.165) is 28.9 Å². The van der Waals surface area contributed by atoms with Gasteiger partial charge in [-0.15, -0.1) is 5.10 Å². The summed E-state index contributed by atoms with van der Waals surface area (Å²) in [5.41, 5.74) is 2.42. The van der Waals surface area contributed by atoms with Crippen LogP contribution in [-0.2, 0) is 4.79 Å². The Morgan fingerprint density at radius 3 is 2.42 bits per heavy atom. The number of carbonyl (C=O) groups excluding carboxylic acids is 2. The van der Waals surface area contributed by atoms with Gasteiger partial charge in [-0.1, -0.05) is 27.1 Å². The minimum absolute atomic E-state index is 0.105. The van der Waals surface area contributed by atoms with Crippen molar-refractivity contribution in [3.05, 3.63) is 58.9 Å². The summed E-state index contributed by atoms with van der Waals surface area (Å²) >= 11 is 3.39. The molecular formula is C21H21BrN6O3. The van der Waals surface area contributed by atoms with Crippen molar-refractivity contribution < 1.29 is 14.0 Å². The predicted molar refractivity (Wildman–Crippen MR) is 121 cm³/mol. The molecule has 0 bridgehead atoms. The van der Waals surface area contributed by atoms with Crippen LogP contribution in [0.3, 0.4) is 0 Å². The molecule has 0 saturated carbocycles. The summed E-state index contributed by atoms with van der Waals surface area (Å²) in [6, 6.07) is 15.1. The highest BCUT2D eigenvalue weighted by Crippen LogP contribution is 2.22. The number of hydrogen-bond donors (Lipinski definition) is 2. The van der Waals surface area contributed by atoms with Crippen molar-refractivity contribution in [1.29, 1.82) is 0 Å². The lowest BCUT2D eigenvalue weighted by molar-refractivity contribution is -0.129. The van der Waals surface area contributed by atoms with Crippen LogP contribution in [0.15, 0.2) is 57.4 Å². The molecule has 2 heterocycles. The van der Waals surface area contributed by atoms with Crippen LogP contribution in [0.4, 0.5) is 23.1 Å². The van der Waals surface area contributed by atoms with Gasteiger partial charge in [0.1, 0.15) is 0 Å². The number of amides is 2. The van der Waals surface area contributed by atoms with Gasteiger partial charge in [0.2, 0.25) is 5.91 Å². The molecule has 4 rings (SSSR count). The largest absolute Gasteiger partial charge is 0.399 e. The van der Waals surface area contributed by atoms with Crippen LogP contribution in [0, 0.1) is 0 Å². The van der Waals surface area contributed by atoms with Crippen molar-refractivity contribution in [3.63, 3.8) is 0 Å². The lowest BCUT2D eigenvalue weighted by Gasteiger charge is -2.35. The predicted octanol–water partition coefficient (Wildman–Crippen LogP) is 3.50. The lowest BCUT2D eigenvalue weighted by Crippen LogP contribution is -2.48. The fourth-order valence-corrected chi connectivity index (χ4v) is 3.67. The molecular weight excluding hydrogens is 464 g/mol. The van der Waals surface area contributed by atoms with Crippen LogP contribution in [-0.4, -0.2) is 53.1 Å². The second kappa shape index (κ2) is 9.17. The maximum Gasteiger partial charge on any atom is 0.320 e. The standard InChI is InChI=1S/C21H21BrN6O3/c1-14(29)27-9-11-28(12-10-27)18-7-5-16(6-8-18)23-19(30)20-25-26-21(31-20)24-17-4-2-3-15(22)13-17/h2-8,13H,9-12H2,1H3,(H,23,30)(H,24,26). The normalized spacial score (nSPS) is 13.7. The molecule has 1 aliphatic heterocycles. The van der Waals surface area contributed by atoms with Gasteiger partial charge in [-0.05, 0) is 42.5 Å². The average molecular weight is 485 g/mol. The summed E-state index contributed by atoms with van der Waals surface area (Å²) in [7, 11) is 0. The van der Waals surface area contributed by atoms with Crippen molar-refractivity contribution in [2.24, 2.45) is 0 Å². The Balaban J connectivity index is 1.34. The Kier molecular flexibility index (Phi) is 6.17. The number of nitrogens with zero attached hydrogens (tertiary/aromatic N) is 4. The number of halogens is 1. The van der Waals surface area contributed by atoms with Gasteiger partial charge in [0.15, 0.2) is 0 Å². The zero-order valence-electron chi connectivity index (χ0n) is 16.8. The highest BCUT2D eigenvalue weighted by atomic mass is 79.9. The van der Waals surface area contributed by atoms with Gasteiger partial charge in [0.05, 0.1) is 0 Å². The average Bonchev–Trinajstić information content (AvgIpc) is 3.23. The first-order chi connectivity index (χ1) is 15.0. The molecule has 1 fully saturated rings. The zero-order valence-corrected chi connectivity index (χ0v) is 18.4. The molecule has 9 nitrogen and oxygen atoms in total. The van der Waals surface area contributed by atoms with Crippen molar-refractivity contribution in [1.82, 2.24) is 15.1 Å². The molecule has 0 aliphatic carbocycles. The molecule has 1 aromatic heterocycles. The molecule has 31 heavy (non-hydrogen) atoms. The van der Waals surface area contributed by atoms with Crippen LogP contribution in [0.25, 0.3) is 0 Å². The molecule has 0 unspecified atom stereocenters. The number of rotatable bonds is 5. The second-order valence-corrected chi connectivity index (χ2v) is 7.96. The first-order valence-electron chi connectivity index (χ1n) is 9.76. The topological polar surface area (TPSA) is 104 Å². The fourth-order valence-electron chi connectivity index (χ4n) is 3.27. The van der Waals surface area contributed by atoms with Gasteiger partial charge in [-0.2, -0.15) is 0 Å². The Morgan fingerprint density at radius 1 is 1.00 bits per heavy atom. The molecule has 2 amide bonds. The van der Waals surface area contributed by atoms with Gasteiger partial charge in [0.25, 0.3) is 0 Å². The van der Waals surface area contributed by atoms with Crippen LogP contribution >= 0.6 is 15.9 Å². The Bertz CT molecular complexity index is 1080. The maximum atomic E-state index is 12.4. The lowest BCUT2D eigenvalue weighted by atomic mass is 10.2. The fraction of sp³-hybridized carbons (Fsp3) is 0.238. The molecule has 2 aromatic carbocycles. The number of piperazine rings is 1. The van der Waals surface area contributed by atoms with Crippen LogP contribution < -0.4 is 15.5 Å². The molecule has 3 aromatic rings. The summed E-state index contributed by atoms with van der Waals surface area (Å²) in [4.78, 5) is 27.9. The first-order valence-corrected chi connectivity index (χ1v) is 10.6. The van der Waals surface area contributed by atoms with Crippen molar-refractivity contribution >= 4 is 50.8 Å². The third kappa shape index (κ3) is 5.21. The highest BCUT2D eigenvalue weighted by molar-refractivity contribution is 9.10. The van der Waals surface area contributed by atoms with Gasteiger partial charge in [-0.3, -0.25) is 9.59 Å². The number of anilines is 4. The van der Waals surface area contributed by atoms with Crippen LogP contribution in [0.5, 0.6) is 0 Å². The Hall–Kier alpha value is -3.40.